The van der Waals surface area contributed by atoms with Crippen LogP contribution in [0.2, 0.25) is 0 Å². The monoisotopic (exact) mass is 928 g/mol. The van der Waals surface area contributed by atoms with Gasteiger partial charge in [-0.15, -0.1) is 0 Å². The van der Waals surface area contributed by atoms with Gasteiger partial charge in [0.1, 0.15) is 27.7 Å². The molecule has 2 aliphatic carbocycles. The number of pyridine rings is 1. The van der Waals surface area contributed by atoms with Crippen LogP contribution in [0.3, 0.4) is 0 Å². The lowest BCUT2D eigenvalue weighted by molar-refractivity contribution is -0.384. The van der Waals surface area contributed by atoms with Crippen molar-refractivity contribution >= 4 is 54.9 Å². The van der Waals surface area contributed by atoms with Gasteiger partial charge in [-0.25, -0.2) is 18.1 Å². The number of anilines is 2. The molecular weight excluding hydrogens is 869 g/mol. The molecule has 15 nitrogen and oxygen atoms in total. The average molecular weight is 929 g/mol. The molecular formula is C51H60N8O7S. The van der Waals surface area contributed by atoms with Crippen LogP contribution in [0, 0.1) is 21.4 Å². The number of piperidine rings is 1. The number of fused-ring (bicyclic) bond motifs is 2. The predicted molar refractivity (Wildman–Crippen MR) is 259 cm³/mol. The van der Waals surface area contributed by atoms with E-state index >= 15 is 0 Å². The number of aliphatic hydroxyl groups is 1. The van der Waals surface area contributed by atoms with E-state index in [0.717, 1.165) is 62.5 Å². The second-order valence-electron chi connectivity index (χ2n) is 20.1. The Bertz CT molecular complexity index is 2940. The Morgan fingerprint density at radius 3 is 2.51 bits per heavy atom. The molecule has 5 heterocycles. The number of ether oxygens (including phenoxy) is 1. The fraction of sp³-hybridized carbons (Fsp3) is 0.451. The van der Waals surface area contributed by atoms with Gasteiger partial charge in [0, 0.05) is 72.7 Å². The van der Waals surface area contributed by atoms with E-state index in [1.165, 1.54) is 49.1 Å². The van der Waals surface area contributed by atoms with Gasteiger partial charge in [0.25, 0.3) is 21.6 Å². The molecule has 67 heavy (non-hydrogen) atoms. The minimum absolute atomic E-state index is 0.0272. The molecule has 4 aliphatic rings. The number of likely N-dealkylation sites (tertiary alicyclic amines) is 1. The number of benzene rings is 3. The molecule has 1 spiro atoms. The maximum Gasteiger partial charge on any atom is 0.295 e. The third kappa shape index (κ3) is 8.86. The topological polar surface area (TPSA) is 199 Å². The van der Waals surface area contributed by atoms with Crippen LogP contribution in [0.25, 0.3) is 21.9 Å². The van der Waals surface area contributed by atoms with Gasteiger partial charge in [0.2, 0.25) is 0 Å². The molecule has 3 aromatic heterocycles. The van der Waals surface area contributed by atoms with Crippen LogP contribution in [0.4, 0.5) is 17.1 Å². The minimum atomic E-state index is -4.68. The van der Waals surface area contributed by atoms with Crippen molar-refractivity contribution in [2.24, 2.45) is 11.3 Å². The number of carbonyl (C=O) groups excluding carboxylic acids is 1. The zero-order chi connectivity index (χ0) is 46.7. The fourth-order valence-electron chi connectivity index (χ4n) is 11.5. The molecule has 2 aliphatic heterocycles. The number of hydrogen-bond acceptors (Lipinski definition) is 11. The van der Waals surface area contributed by atoms with E-state index in [0.29, 0.717) is 54.2 Å². The summed E-state index contributed by atoms with van der Waals surface area (Å²) < 4.78 is 37.1. The predicted octanol–water partition coefficient (Wildman–Crippen LogP) is 9.93. The number of hydrogen-bond donors (Lipinski definition) is 5. The van der Waals surface area contributed by atoms with Crippen molar-refractivity contribution in [1.82, 2.24) is 24.6 Å². The first-order valence-electron chi connectivity index (χ1n) is 23.8. The quantitative estimate of drug-likeness (QED) is 0.0546. The lowest BCUT2D eigenvalue weighted by Crippen LogP contribution is -2.54. The van der Waals surface area contributed by atoms with Crippen molar-refractivity contribution in [3.63, 3.8) is 0 Å². The number of aromatic amines is 2. The molecule has 1 amide bonds. The van der Waals surface area contributed by atoms with Crippen LogP contribution in [0.1, 0.15) is 118 Å². The highest BCUT2D eigenvalue weighted by Crippen LogP contribution is 2.54. The molecule has 2 saturated heterocycles. The van der Waals surface area contributed by atoms with Crippen LogP contribution in [-0.2, 0) is 10.0 Å². The number of nitrogens with zero attached hydrogens (tertiary/aromatic N) is 4. The van der Waals surface area contributed by atoms with Crippen molar-refractivity contribution in [2.45, 2.75) is 113 Å². The zero-order valence-electron chi connectivity index (χ0n) is 38.4. The highest BCUT2D eigenvalue weighted by Gasteiger charge is 2.50. The van der Waals surface area contributed by atoms with Gasteiger partial charge in [0.05, 0.1) is 27.8 Å². The summed E-state index contributed by atoms with van der Waals surface area (Å²) in [6.45, 7) is 9.62. The third-order valence-corrected chi connectivity index (χ3v) is 16.7. The van der Waals surface area contributed by atoms with Crippen LogP contribution < -0.4 is 19.7 Å². The molecule has 4 fully saturated rings. The van der Waals surface area contributed by atoms with Gasteiger partial charge >= 0.3 is 0 Å². The Hall–Kier alpha value is -5.97. The minimum Gasteiger partial charge on any atom is -0.455 e. The highest BCUT2D eigenvalue weighted by atomic mass is 32.2. The number of sulfonamides is 1. The first kappa shape index (κ1) is 44.8. The number of carbonyl (C=O) groups is 1. The summed E-state index contributed by atoms with van der Waals surface area (Å²) in [6, 6.07) is 21.4. The Kier molecular flexibility index (Phi) is 11.8. The van der Waals surface area contributed by atoms with Gasteiger partial charge in [-0.2, -0.15) is 0 Å². The molecule has 6 aromatic rings. The molecule has 2 saturated carbocycles. The van der Waals surface area contributed by atoms with Crippen LogP contribution >= 0.6 is 0 Å². The molecule has 352 valence electrons. The zero-order valence-corrected chi connectivity index (χ0v) is 39.2. The molecule has 10 rings (SSSR count). The largest absolute Gasteiger partial charge is 0.455 e. The first-order valence-corrected chi connectivity index (χ1v) is 25.3. The highest BCUT2D eigenvalue weighted by molar-refractivity contribution is 7.90. The number of H-pyrrole nitrogens is 2. The van der Waals surface area contributed by atoms with Gasteiger partial charge in [0.15, 0.2) is 0 Å². The number of nitrogens with one attached hydrogen (secondary N) is 4. The van der Waals surface area contributed by atoms with Gasteiger partial charge in [-0.1, -0.05) is 38.1 Å². The smallest absolute Gasteiger partial charge is 0.295 e. The van der Waals surface area contributed by atoms with Crippen LogP contribution in [0.15, 0.2) is 90.2 Å². The molecule has 5 N–H and O–H groups in total. The summed E-state index contributed by atoms with van der Waals surface area (Å²) in [5.41, 5.74) is 3.97. The molecule has 0 bridgehead atoms. The number of aromatic nitrogens is 3. The van der Waals surface area contributed by atoms with E-state index in [1.54, 1.807) is 30.6 Å². The molecule has 1 atom stereocenters. The number of nitro groups is 1. The van der Waals surface area contributed by atoms with Crippen molar-refractivity contribution in [3.8, 4) is 11.5 Å². The van der Waals surface area contributed by atoms with E-state index in [9.17, 15) is 28.4 Å². The SMILES string of the molecule is CC(C)c1ccccc1[C@@H]1CCCN1C1CC2(CCN(c3ccc(C(=O)NS(=O)(=O)c4cc([N+](=O)[O-])c(NC[C@H]5CC[C@](C)(O)CC5)c5[nH]ccc45)c(Oc4cnc5[nH]ccc5c4)c3)CC2)C1. The Balaban J connectivity index is 0.871. The van der Waals surface area contributed by atoms with E-state index in [2.05, 4.69) is 72.9 Å². The van der Waals surface area contributed by atoms with Crippen LogP contribution in [0.5, 0.6) is 11.5 Å². The summed E-state index contributed by atoms with van der Waals surface area (Å²) in [4.78, 5) is 41.3. The van der Waals surface area contributed by atoms with Crippen molar-refractivity contribution < 1.29 is 28.0 Å². The van der Waals surface area contributed by atoms with Crippen molar-refractivity contribution in [2.75, 3.05) is 36.4 Å². The first-order chi connectivity index (χ1) is 32.2. The lowest BCUT2D eigenvalue weighted by Gasteiger charge is -2.56. The van der Waals surface area contributed by atoms with E-state index in [4.69, 9.17) is 4.74 Å². The third-order valence-electron chi connectivity index (χ3n) is 15.3. The summed E-state index contributed by atoms with van der Waals surface area (Å²) in [6.07, 6.45) is 14.5. The van der Waals surface area contributed by atoms with Crippen molar-refractivity contribution in [3.05, 3.63) is 112 Å². The molecule has 16 heteroatoms. The second-order valence-corrected chi connectivity index (χ2v) is 21.8. The second kappa shape index (κ2) is 17.6. The van der Waals surface area contributed by atoms with E-state index in [1.807, 2.05) is 19.1 Å². The van der Waals surface area contributed by atoms with Crippen molar-refractivity contribution in [1.29, 1.82) is 0 Å². The average Bonchev–Trinajstić information content (AvgIpc) is 4.09. The van der Waals surface area contributed by atoms with Gasteiger partial charge in [-0.05, 0) is 136 Å². The number of rotatable bonds is 13. The Labute approximate surface area is 390 Å². The van der Waals surface area contributed by atoms with E-state index < -0.39 is 37.0 Å². The summed E-state index contributed by atoms with van der Waals surface area (Å²) in [5, 5.41) is 27.1. The number of nitro benzene ring substituents is 1. The number of amides is 1. The van der Waals surface area contributed by atoms with E-state index in [-0.39, 0.29) is 33.8 Å². The van der Waals surface area contributed by atoms with Gasteiger partial charge < -0.3 is 30.0 Å². The fourth-order valence-corrected chi connectivity index (χ4v) is 12.7. The molecule has 0 radical (unpaired) electrons. The summed E-state index contributed by atoms with van der Waals surface area (Å²) in [7, 11) is -4.68. The molecule has 3 aromatic carbocycles. The Morgan fingerprint density at radius 2 is 1.75 bits per heavy atom. The van der Waals surface area contributed by atoms with Crippen LogP contribution in [-0.4, -0.2) is 82.0 Å². The molecule has 0 unspecified atom stereocenters. The Morgan fingerprint density at radius 1 is 0.985 bits per heavy atom. The maximum absolute atomic E-state index is 14.2. The maximum atomic E-state index is 14.2. The summed E-state index contributed by atoms with van der Waals surface area (Å²) >= 11 is 0. The van der Waals surface area contributed by atoms with Gasteiger partial charge in [-0.3, -0.25) is 19.8 Å². The summed E-state index contributed by atoms with van der Waals surface area (Å²) in [5.74, 6) is 0.221. The standard InChI is InChI=1S/C51H60N8O7S/c1-32(2)38-7-4-5-8-39(38)42-9-6-22-58(42)36-28-51(29-36)18-23-57(24-19-51)35-10-11-40(44(26-35)66-37-25-34-14-20-53-48(34)55-31-37)49(60)56-67(64,65)45-27-43(59(62)63)47(46-41(45)15-21-52-46)54-30-33-12-16-50(3,61)17-13-33/h4-5,7-8,10-11,14-15,20-21,25-27,31-33,36,42,52,54,61H,6,9,12-13,16-19,22-24,28-30H2,1-3H3,(H,53,55)(H,56,60)/t33-,42-,50-/m0/s1. The lowest BCUT2D eigenvalue weighted by atomic mass is 9.59. The normalized spacial score (nSPS) is 22.4.